The second-order valence-corrected chi connectivity index (χ2v) is 10.4. The molecule has 1 saturated heterocycles. The molecular formula is C24H25ClF3N5O3S. The lowest BCUT2D eigenvalue weighted by Crippen LogP contribution is -2.45. The van der Waals surface area contributed by atoms with Gasteiger partial charge in [0.2, 0.25) is 12.3 Å². The smallest absolute Gasteiger partial charge is 0.314 e. The molecule has 4 rings (SSSR count). The number of halogens is 4. The summed E-state index contributed by atoms with van der Waals surface area (Å²) >= 11 is 6.27. The summed E-state index contributed by atoms with van der Waals surface area (Å²) in [5.74, 6) is -1.61. The molecule has 3 aromatic rings. The third-order valence-corrected chi connectivity index (χ3v) is 7.58. The Labute approximate surface area is 219 Å². The average molecular weight is 556 g/mol. The van der Waals surface area contributed by atoms with E-state index in [4.69, 9.17) is 16.0 Å². The van der Waals surface area contributed by atoms with Crippen LogP contribution in [-0.4, -0.2) is 57.6 Å². The van der Waals surface area contributed by atoms with Crippen molar-refractivity contribution in [2.24, 2.45) is 0 Å². The minimum absolute atomic E-state index is 0.105. The van der Waals surface area contributed by atoms with Crippen LogP contribution in [0.4, 0.5) is 24.5 Å². The van der Waals surface area contributed by atoms with Crippen LogP contribution in [0.15, 0.2) is 40.8 Å². The Hall–Kier alpha value is -2.96. The van der Waals surface area contributed by atoms with Crippen LogP contribution in [0.1, 0.15) is 30.7 Å². The van der Waals surface area contributed by atoms with E-state index in [0.717, 1.165) is 12.5 Å². The SMILES string of the molecule is CN(Cc1ccc(-c2nnc(C(F)F)o2)cc1F)c1ccc(Cl)cc1N(C=O)C1CCN(S(C)=O)CC1. The van der Waals surface area contributed by atoms with Gasteiger partial charge in [0.25, 0.3) is 5.89 Å². The van der Waals surface area contributed by atoms with Crippen molar-refractivity contribution in [2.45, 2.75) is 31.9 Å². The topological polar surface area (TPSA) is 82.8 Å². The summed E-state index contributed by atoms with van der Waals surface area (Å²) in [7, 11) is 0.696. The predicted molar refractivity (Wildman–Crippen MR) is 135 cm³/mol. The maximum atomic E-state index is 15.0. The predicted octanol–water partition coefficient (Wildman–Crippen LogP) is 4.82. The molecule has 37 heavy (non-hydrogen) atoms. The molecule has 0 bridgehead atoms. The van der Waals surface area contributed by atoms with Gasteiger partial charge in [0.1, 0.15) is 5.82 Å². The third kappa shape index (κ3) is 6.13. The molecule has 0 aliphatic carbocycles. The molecule has 1 unspecified atom stereocenters. The number of hydrogen-bond acceptors (Lipinski definition) is 6. The minimum Gasteiger partial charge on any atom is -0.415 e. The Kier molecular flexibility index (Phi) is 8.50. The second kappa shape index (κ2) is 11.6. The monoisotopic (exact) mass is 555 g/mol. The fourth-order valence-electron chi connectivity index (χ4n) is 4.33. The highest BCUT2D eigenvalue weighted by Gasteiger charge is 2.28. The lowest BCUT2D eigenvalue weighted by molar-refractivity contribution is -0.108. The molecule has 1 atom stereocenters. The molecule has 0 saturated carbocycles. The molecule has 1 aromatic heterocycles. The molecule has 1 fully saturated rings. The zero-order chi connectivity index (χ0) is 26.7. The zero-order valence-corrected chi connectivity index (χ0v) is 21.7. The summed E-state index contributed by atoms with van der Waals surface area (Å²) in [5.41, 5.74) is 1.77. The number of carbonyl (C=O) groups is 1. The Morgan fingerprint density at radius 2 is 1.92 bits per heavy atom. The average Bonchev–Trinajstić information content (AvgIpc) is 3.37. The molecule has 0 radical (unpaired) electrons. The molecular weight excluding hydrogens is 531 g/mol. The Balaban J connectivity index is 1.55. The van der Waals surface area contributed by atoms with Gasteiger partial charge in [-0.3, -0.25) is 4.79 Å². The van der Waals surface area contributed by atoms with Gasteiger partial charge in [0, 0.05) is 55.1 Å². The van der Waals surface area contributed by atoms with Gasteiger partial charge in [0.05, 0.1) is 22.4 Å². The lowest BCUT2D eigenvalue weighted by Gasteiger charge is -2.37. The highest BCUT2D eigenvalue weighted by molar-refractivity contribution is 7.81. The first-order chi connectivity index (χ1) is 17.7. The van der Waals surface area contributed by atoms with Gasteiger partial charge >= 0.3 is 6.43 Å². The molecule has 198 valence electrons. The summed E-state index contributed by atoms with van der Waals surface area (Å²) in [4.78, 5) is 15.6. The molecule has 0 N–H and O–H groups in total. The number of aromatic nitrogens is 2. The van der Waals surface area contributed by atoms with E-state index in [2.05, 4.69) is 10.2 Å². The first-order valence-electron chi connectivity index (χ1n) is 11.4. The molecule has 2 aromatic carbocycles. The van der Waals surface area contributed by atoms with E-state index < -0.39 is 29.1 Å². The maximum Gasteiger partial charge on any atom is 0.314 e. The highest BCUT2D eigenvalue weighted by Crippen LogP contribution is 2.35. The van der Waals surface area contributed by atoms with E-state index in [1.54, 1.807) is 41.3 Å². The van der Waals surface area contributed by atoms with Gasteiger partial charge in [-0.15, -0.1) is 10.2 Å². The quantitative estimate of drug-likeness (QED) is 0.352. The van der Waals surface area contributed by atoms with Crippen LogP contribution in [0, 0.1) is 5.82 Å². The molecule has 2 heterocycles. The van der Waals surface area contributed by atoms with Crippen molar-refractivity contribution in [3.05, 3.63) is 58.7 Å². The second-order valence-electron chi connectivity index (χ2n) is 8.64. The van der Waals surface area contributed by atoms with Crippen LogP contribution in [0.2, 0.25) is 5.02 Å². The number of nitrogens with zero attached hydrogens (tertiary/aromatic N) is 5. The van der Waals surface area contributed by atoms with Crippen LogP contribution >= 0.6 is 11.6 Å². The Morgan fingerprint density at radius 3 is 2.51 bits per heavy atom. The molecule has 0 spiro atoms. The maximum absolute atomic E-state index is 15.0. The molecule has 1 amide bonds. The van der Waals surface area contributed by atoms with Crippen LogP contribution in [0.3, 0.4) is 0 Å². The largest absolute Gasteiger partial charge is 0.415 e. The lowest BCUT2D eigenvalue weighted by atomic mass is 10.0. The van der Waals surface area contributed by atoms with Gasteiger partial charge in [0.15, 0.2) is 0 Å². The summed E-state index contributed by atoms with van der Waals surface area (Å²) in [6.45, 7) is 1.34. The number of amides is 1. The number of carbonyl (C=O) groups excluding carboxylic acids is 1. The summed E-state index contributed by atoms with van der Waals surface area (Å²) < 4.78 is 59.0. The van der Waals surface area contributed by atoms with E-state index in [1.807, 2.05) is 4.31 Å². The number of piperidine rings is 1. The third-order valence-electron chi connectivity index (χ3n) is 6.26. The van der Waals surface area contributed by atoms with Crippen molar-refractivity contribution in [1.82, 2.24) is 14.5 Å². The number of hydrogen-bond donors (Lipinski definition) is 0. The van der Waals surface area contributed by atoms with Crippen molar-refractivity contribution in [3.63, 3.8) is 0 Å². The number of anilines is 2. The highest BCUT2D eigenvalue weighted by atomic mass is 35.5. The van der Waals surface area contributed by atoms with Crippen molar-refractivity contribution in [3.8, 4) is 11.5 Å². The van der Waals surface area contributed by atoms with Gasteiger partial charge < -0.3 is 14.2 Å². The van der Waals surface area contributed by atoms with E-state index in [1.165, 1.54) is 12.1 Å². The number of benzene rings is 2. The van der Waals surface area contributed by atoms with Crippen molar-refractivity contribution >= 4 is 40.4 Å². The molecule has 13 heteroatoms. The number of rotatable bonds is 9. The summed E-state index contributed by atoms with van der Waals surface area (Å²) in [6.07, 6.45) is 0.775. The normalized spacial score (nSPS) is 15.6. The van der Waals surface area contributed by atoms with Crippen LogP contribution in [0.5, 0.6) is 0 Å². The molecule has 1 aliphatic heterocycles. The Morgan fingerprint density at radius 1 is 1.19 bits per heavy atom. The fourth-order valence-corrected chi connectivity index (χ4v) is 5.22. The standard InChI is InChI=1S/C24H25ClF3N5O3S/c1-31(13-16-4-3-15(11-19(16)26)23-29-30-24(36-23)22(27)28)20-6-5-17(25)12-21(20)33(14-34)18-7-9-32(10-8-18)37(2)35/h3-6,11-12,14,18,22H,7-10,13H2,1-2H3. The molecule has 1 aliphatic rings. The van der Waals surface area contributed by atoms with E-state index >= 15 is 0 Å². The van der Waals surface area contributed by atoms with Crippen molar-refractivity contribution in [2.75, 3.05) is 36.2 Å². The minimum atomic E-state index is -2.92. The van der Waals surface area contributed by atoms with E-state index in [-0.39, 0.29) is 24.0 Å². The summed E-state index contributed by atoms with van der Waals surface area (Å²) in [6, 6.07) is 9.23. The zero-order valence-electron chi connectivity index (χ0n) is 20.1. The van der Waals surface area contributed by atoms with Gasteiger partial charge in [-0.2, -0.15) is 8.78 Å². The van der Waals surface area contributed by atoms with Crippen molar-refractivity contribution < 1.29 is 26.6 Å². The van der Waals surface area contributed by atoms with Crippen LogP contribution < -0.4 is 9.80 Å². The first-order valence-corrected chi connectivity index (χ1v) is 13.3. The van der Waals surface area contributed by atoms with Gasteiger partial charge in [-0.05, 0) is 43.2 Å². The van der Waals surface area contributed by atoms with E-state index in [0.29, 0.717) is 47.9 Å². The Bertz CT molecular complexity index is 1290. The first kappa shape index (κ1) is 27.1. The van der Waals surface area contributed by atoms with Crippen LogP contribution in [-0.2, 0) is 22.3 Å². The van der Waals surface area contributed by atoms with E-state index in [9.17, 15) is 22.2 Å². The van der Waals surface area contributed by atoms with Crippen LogP contribution in [0.25, 0.3) is 11.5 Å². The summed E-state index contributed by atoms with van der Waals surface area (Å²) in [5, 5.41) is 7.26. The molecule has 8 nitrogen and oxygen atoms in total. The van der Waals surface area contributed by atoms with Crippen molar-refractivity contribution in [1.29, 1.82) is 0 Å². The fraction of sp³-hybridized carbons (Fsp3) is 0.375. The van der Waals surface area contributed by atoms with Gasteiger partial charge in [-0.25, -0.2) is 12.9 Å². The van der Waals surface area contributed by atoms with Gasteiger partial charge in [-0.1, -0.05) is 17.7 Å². The number of alkyl halides is 2.